The summed E-state index contributed by atoms with van der Waals surface area (Å²) in [7, 11) is -4.46. The number of rotatable bonds is 9. The molecular weight excluding hydrogens is 612 g/mol. The molecule has 0 saturated heterocycles. The minimum Gasteiger partial charge on any atom is -0.390 e. The number of thiophene rings is 1. The van der Waals surface area contributed by atoms with E-state index in [0.29, 0.717) is 20.2 Å². The van der Waals surface area contributed by atoms with Gasteiger partial charge >= 0.3 is 10.3 Å². The number of nitrogens with two attached hydrogens (primary N) is 1. The highest BCUT2D eigenvalue weighted by atomic mass is 79.9. The Kier molecular flexibility index (Phi) is 8.57. The maximum absolute atomic E-state index is 13.4. The molecule has 0 aliphatic heterocycles. The van der Waals surface area contributed by atoms with Gasteiger partial charge in [-0.1, -0.05) is 17.7 Å². The van der Waals surface area contributed by atoms with Gasteiger partial charge in [0.15, 0.2) is 0 Å². The fraction of sp³-hybridized carbons (Fsp3) is 0.333. The molecule has 0 amide bonds. The molecule has 5 atom stereocenters. The van der Waals surface area contributed by atoms with Crippen LogP contribution in [0, 0.1) is 5.92 Å². The van der Waals surface area contributed by atoms with Crippen molar-refractivity contribution in [2.45, 2.75) is 30.7 Å². The molecule has 12 nitrogen and oxygen atoms in total. The summed E-state index contributed by atoms with van der Waals surface area (Å²) in [4.78, 5) is 26.1. The third kappa shape index (κ3) is 6.50. The van der Waals surface area contributed by atoms with Crippen LogP contribution >= 0.6 is 38.9 Å². The summed E-state index contributed by atoms with van der Waals surface area (Å²) in [5.74, 6) is -1.01. The van der Waals surface area contributed by atoms with Crippen LogP contribution in [-0.4, -0.2) is 68.7 Å². The number of nitrogens with zero attached hydrogens (tertiary/aromatic N) is 3. The number of aromatic nitrogens is 3. The molecule has 1 aliphatic carbocycles. The number of aliphatic hydroxyl groups is 2. The SMILES string of the molecule is N[C@@H](c1cccc(Br)n1)c1cc(C(=O)c2cncnc2N[C@@H]2C[C@H](CNS(=O)(=O)O)[C@@H](O)[C@H]2O)sc1Cl. The minimum absolute atomic E-state index is 0.0994. The largest absolute Gasteiger partial charge is 0.390 e. The highest BCUT2D eigenvalue weighted by Gasteiger charge is 2.42. The average molecular weight is 634 g/mol. The van der Waals surface area contributed by atoms with Crippen LogP contribution in [0.5, 0.6) is 0 Å². The first-order valence-corrected chi connectivity index (χ1v) is 14.2. The maximum Gasteiger partial charge on any atom is 0.333 e. The van der Waals surface area contributed by atoms with Gasteiger partial charge in [0.1, 0.15) is 22.9 Å². The molecule has 0 unspecified atom stereocenters. The fourth-order valence-corrected chi connectivity index (χ4v) is 6.15. The molecule has 37 heavy (non-hydrogen) atoms. The summed E-state index contributed by atoms with van der Waals surface area (Å²) < 4.78 is 33.7. The number of hydrogen-bond donors (Lipinski definition) is 6. The van der Waals surface area contributed by atoms with Crippen molar-refractivity contribution in [2.24, 2.45) is 11.7 Å². The first kappa shape index (κ1) is 27.9. The Labute approximate surface area is 229 Å². The van der Waals surface area contributed by atoms with Crippen molar-refractivity contribution >= 4 is 60.8 Å². The zero-order valence-electron chi connectivity index (χ0n) is 18.8. The van der Waals surface area contributed by atoms with E-state index in [2.05, 4.69) is 36.2 Å². The highest BCUT2D eigenvalue weighted by Crippen LogP contribution is 2.36. The zero-order valence-corrected chi connectivity index (χ0v) is 22.8. The van der Waals surface area contributed by atoms with Gasteiger partial charge in [-0.2, -0.15) is 13.1 Å². The van der Waals surface area contributed by atoms with E-state index in [4.69, 9.17) is 21.9 Å². The van der Waals surface area contributed by atoms with Crippen LogP contribution in [0.2, 0.25) is 4.34 Å². The molecule has 7 N–H and O–H groups in total. The molecule has 198 valence electrons. The van der Waals surface area contributed by atoms with Gasteiger partial charge < -0.3 is 21.3 Å². The first-order chi connectivity index (χ1) is 17.4. The molecule has 4 rings (SSSR count). The van der Waals surface area contributed by atoms with Gasteiger partial charge in [0.2, 0.25) is 5.78 Å². The molecule has 0 radical (unpaired) electrons. The third-order valence-electron chi connectivity index (χ3n) is 5.94. The molecule has 1 fully saturated rings. The van der Waals surface area contributed by atoms with Crippen molar-refractivity contribution in [3.8, 4) is 0 Å². The van der Waals surface area contributed by atoms with E-state index < -0.39 is 46.3 Å². The van der Waals surface area contributed by atoms with Gasteiger partial charge in [-0.3, -0.25) is 9.35 Å². The smallest absolute Gasteiger partial charge is 0.333 e. The Morgan fingerprint density at radius 3 is 2.78 bits per heavy atom. The predicted octanol–water partition coefficient (Wildman–Crippen LogP) is 1.54. The van der Waals surface area contributed by atoms with Crippen molar-refractivity contribution in [3.05, 3.63) is 67.4 Å². The van der Waals surface area contributed by atoms with Crippen LogP contribution in [0.15, 0.2) is 41.4 Å². The lowest BCUT2D eigenvalue weighted by molar-refractivity contribution is 0.0184. The summed E-state index contributed by atoms with van der Waals surface area (Å²) in [5.41, 5.74) is 7.53. The number of nitrogens with one attached hydrogen (secondary N) is 2. The normalized spacial score (nSPS) is 22.6. The van der Waals surface area contributed by atoms with Gasteiger partial charge in [-0.15, -0.1) is 11.3 Å². The zero-order chi connectivity index (χ0) is 26.9. The number of aliphatic hydroxyl groups excluding tert-OH is 2. The van der Waals surface area contributed by atoms with Gasteiger partial charge in [0.25, 0.3) is 0 Å². The highest BCUT2D eigenvalue weighted by molar-refractivity contribution is 9.10. The third-order valence-corrected chi connectivity index (χ3v) is 8.30. The molecule has 0 bridgehead atoms. The van der Waals surface area contributed by atoms with Crippen molar-refractivity contribution in [1.82, 2.24) is 19.7 Å². The molecule has 3 heterocycles. The molecule has 3 aromatic heterocycles. The number of pyridine rings is 1. The Balaban J connectivity index is 1.54. The quantitative estimate of drug-likeness (QED) is 0.113. The molecule has 0 aromatic carbocycles. The molecule has 16 heteroatoms. The van der Waals surface area contributed by atoms with Crippen molar-refractivity contribution in [3.63, 3.8) is 0 Å². The molecule has 0 spiro atoms. The van der Waals surface area contributed by atoms with Crippen LogP contribution in [0.3, 0.4) is 0 Å². The van der Waals surface area contributed by atoms with Crippen LogP contribution < -0.4 is 15.8 Å². The second-order valence-electron chi connectivity index (χ2n) is 8.37. The fourth-order valence-electron chi connectivity index (χ4n) is 4.07. The Hall–Kier alpha value is -2.08. The summed E-state index contributed by atoms with van der Waals surface area (Å²) in [6, 6.07) is 5.45. The van der Waals surface area contributed by atoms with Crippen LogP contribution in [0.25, 0.3) is 0 Å². The number of ketones is 1. The standard InChI is InChI=1S/C21H22BrClN6O6S2/c22-15-3-1-2-12(28-15)16(24)10-5-14(36-20(10)23)18(31)11-7-25-8-26-21(11)29-13-4-9(17(30)19(13)32)6-27-37(33,34)35/h1-3,5,7-9,13,16-17,19,27,30,32H,4,6,24H2,(H,25,26,29)(H,33,34,35)/t9-,13-,16-,17-,19+/m1/s1. The summed E-state index contributed by atoms with van der Waals surface area (Å²) in [5, 5.41) is 23.7. The monoisotopic (exact) mass is 632 g/mol. The topological polar surface area (TPSA) is 201 Å². The first-order valence-electron chi connectivity index (χ1n) is 10.8. The molecule has 1 saturated carbocycles. The second kappa shape index (κ2) is 11.3. The second-order valence-corrected chi connectivity index (χ2v) is 12.1. The summed E-state index contributed by atoms with van der Waals surface area (Å²) in [6.45, 7) is -0.283. The van der Waals surface area contributed by atoms with E-state index in [1.807, 2.05) is 4.72 Å². The van der Waals surface area contributed by atoms with Crippen LogP contribution in [0.4, 0.5) is 5.82 Å². The number of carbonyl (C=O) groups excluding carboxylic acids is 1. The van der Waals surface area contributed by atoms with E-state index in [1.54, 1.807) is 24.3 Å². The van der Waals surface area contributed by atoms with Gasteiger partial charge in [-0.05, 0) is 40.5 Å². The number of halogens is 2. The van der Waals surface area contributed by atoms with Crippen molar-refractivity contribution in [1.29, 1.82) is 0 Å². The van der Waals surface area contributed by atoms with E-state index >= 15 is 0 Å². The summed E-state index contributed by atoms with van der Waals surface area (Å²) in [6.07, 6.45) is 0.0988. The lowest BCUT2D eigenvalue weighted by Gasteiger charge is -2.19. The lowest BCUT2D eigenvalue weighted by atomic mass is 10.1. The molecular formula is C21H22BrClN6O6S2. The number of carbonyl (C=O) groups is 1. The Morgan fingerprint density at radius 1 is 1.32 bits per heavy atom. The van der Waals surface area contributed by atoms with E-state index in [1.165, 1.54) is 12.5 Å². The van der Waals surface area contributed by atoms with Gasteiger partial charge in [0.05, 0.1) is 38.7 Å². The van der Waals surface area contributed by atoms with E-state index in [0.717, 1.165) is 11.3 Å². The number of hydrogen-bond acceptors (Lipinski definition) is 11. The van der Waals surface area contributed by atoms with Gasteiger partial charge in [-0.25, -0.2) is 15.0 Å². The van der Waals surface area contributed by atoms with E-state index in [-0.39, 0.29) is 29.2 Å². The minimum atomic E-state index is -4.46. The average Bonchev–Trinajstić information content (AvgIpc) is 3.36. The van der Waals surface area contributed by atoms with Crippen LogP contribution in [0.1, 0.15) is 39.0 Å². The Bertz CT molecular complexity index is 1410. The van der Waals surface area contributed by atoms with Gasteiger partial charge in [0, 0.05) is 24.2 Å². The van der Waals surface area contributed by atoms with E-state index in [9.17, 15) is 23.4 Å². The number of anilines is 1. The molecule has 1 aliphatic rings. The molecule has 3 aromatic rings. The lowest BCUT2D eigenvalue weighted by Crippen LogP contribution is -2.37. The van der Waals surface area contributed by atoms with Crippen molar-refractivity contribution in [2.75, 3.05) is 11.9 Å². The predicted molar refractivity (Wildman–Crippen MR) is 140 cm³/mol. The van der Waals surface area contributed by atoms with Crippen LogP contribution in [-0.2, 0) is 10.3 Å². The van der Waals surface area contributed by atoms with Crippen molar-refractivity contribution < 1.29 is 28.0 Å². The summed E-state index contributed by atoms with van der Waals surface area (Å²) >= 11 is 10.8. The maximum atomic E-state index is 13.4. The Morgan fingerprint density at radius 2 is 2.08 bits per heavy atom.